The predicted molar refractivity (Wildman–Crippen MR) is 148 cm³/mol. The molecule has 5 rings (SSSR count). The molecule has 0 spiro atoms. The third-order valence-electron chi connectivity index (χ3n) is 6.23. The second-order valence-electron chi connectivity index (χ2n) is 8.87. The first-order valence-electron chi connectivity index (χ1n) is 12.2. The van der Waals surface area contributed by atoms with Crippen molar-refractivity contribution in [3.05, 3.63) is 82.1 Å². The van der Waals surface area contributed by atoms with Gasteiger partial charge in [0.05, 0.1) is 29.5 Å². The van der Waals surface area contributed by atoms with E-state index in [-0.39, 0.29) is 24.5 Å². The molecule has 0 saturated carbocycles. The first-order chi connectivity index (χ1) is 18.5. The zero-order chi connectivity index (χ0) is 26.5. The van der Waals surface area contributed by atoms with E-state index in [4.69, 9.17) is 26.1 Å². The zero-order valence-electron chi connectivity index (χ0n) is 20.8. The van der Waals surface area contributed by atoms with Crippen molar-refractivity contribution in [3.63, 3.8) is 0 Å². The highest BCUT2D eigenvalue weighted by molar-refractivity contribution is 7.12. The number of rotatable bonds is 9. The van der Waals surface area contributed by atoms with Gasteiger partial charge in [-0.1, -0.05) is 35.9 Å². The standard InChI is InChI=1S/C28H27ClN4O4S/c1-36-22-6-2-5-21(15-22)33-17-24(19-9-11-20(29)12-10-19)30-28(33)31-26(34)18-32(16-23-7-3-13-37-23)27(35)25-8-4-14-38-25/h2,4-6,8-12,14-15,17,23H,3,7,13,16,18H2,1H3,(H,30,31,34)/t23-/m0/s1. The molecule has 1 saturated heterocycles. The van der Waals surface area contributed by atoms with Crippen LogP contribution in [0.4, 0.5) is 5.95 Å². The molecule has 1 aliphatic heterocycles. The second-order valence-corrected chi connectivity index (χ2v) is 10.3. The fourth-order valence-corrected chi connectivity index (χ4v) is 5.15. The SMILES string of the molecule is COc1cccc(-n2cc(-c3ccc(Cl)cc3)nc2NC(=O)CN(C[C@@H]2CCCO2)C(=O)c2cccs2)c1. The summed E-state index contributed by atoms with van der Waals surface area (Å²) in [5.41, 5.74) is 2.27. The van der Waals surface area contributed by atoms with E-state index in [0.29, 0.717) is 40.4 Å². The summed E-state index contributed by atoms with van der Waals surface area (Å²) in [6.07, 6.45) is 3.57. The molecule has 1 N–H and O–H groups in total. The van der Waals surface area contributed by atoms with Crippen molar-refractivity contribution in [1.82, 2.24) is 14.5 Å². The molecule has 4 aromatic rings. The maximum atomic E-state index is 13.3. The van der Waals surface area contributed by atoms with Crippen LogP contribution in [0, 0.1) is 0 Å². The van der Waals surface area contributed by atoms with Crippen LogP contribution in [-0.4, -0.2) is 59.2 Å². The number of anilines is 1. The normalized spacial score (nSPS) is 14.8. The number of benzene rings is 2. The lowest BCUT2D eigenvalue weighted by Gasteiger charge is -2.24. The summed E-state index contributed by atoms with van der Waals surface area (Å²) in [6.45, 7) is 0.895. The van der Waals surface area contributed by atoms with Crippen LogP contribution in [0.3, 0.4) is 0 Å². The van der Waals surface area contributed by atoms with E-state index in [9.17, 15) is 9.59 Å². The predicted octanol–water partition coefficient (Wildman–Crippen LogP) is 5.52. The minimum absolute atomic E-state index is 0.0815. The summed E-state index contributed by atoms with van der Waals surface area (Å²) >= 11 is 7.42. The van der Waals surface area contributed by atoms with Crippen LogP contribution in [0.25, 0.3) is 16.9 Å². The summed E-state index contributed by atoms with van der Waals surface area (Å²) in [7, 11) is 1.60. The average Bonchev–Trinajstić information content (AvgIpc) is 3.71. The van der Waals surface area contributed by atoms with Gasteiger partial charge in [0.15, 0.2) is 0 Å². The number of hydrogen-bond donors (Lipinski definition) is 1. The third kappa shape index (κ3) is 6.07. The third-order valence-corrected chi connectivity index (χ3v) is 7.34. The molecule has 0 radical (unpaired) electrons. The highest BCUT2D eigenvalue weighted by Gasteiger charge is 2.26. The molecule has 2 aromatic carbocycles. The fourth-order valence-electron chi connectivity index (χ4n) is 4.33. The van der Waals surface area contributed by atoms with Crippen LogP contribution in [0.2, 0.25) is 5.02 Å². The number of halogens is 1. The van der Waals surface area contributed by atoms with Crippen LogP contribution < -0.4 is 10.1 Å². The maximum Gasteiger partial charge on any atom is 0.264 e. The van der Waals surface area contributed by atoms with E-state index in [1.165, 1.54) is 11.3 Å². The van der Waals surface area contributed by atoms with Crippen LogP contribution in [0.15, 0.2) is 72.2 Å². The largest absolute Gasteiger partial charge is 0.497 e. The first-order valence-corrected chi connectivity index (χ1v) is 13.5. The molecule has 0 bridgehead atoms. The van der Waals surface area contributed by atoms with Crippen molar-refractivity contribution in [2.75, 3.05) is 32.1 Å². The highest BCUT2D eigenvalue weighted by atomic mass is 35.5. The molecule has 0 unspecified atom stereocenters. The molecule has 2 amide bonds. The minimum Gasteiger partial charge on any atom is -0.497 e. The molecular formula is C28H27ClN4O4S. The molecule has 2 aromatic heterocycles. The van der Waals surface area contributed by atoms with Gasteiger partial charge in [0, 0.05) is 36.0 Å². The molecule has 10 heteroatoms. The van der Waals surface area contributed by atoms with Gasteiger partial charge < -0.3 is 14.4 Å². The van der Waals surface area contributed by atoms with Gasteiger partial charge in [-0.2, -0.15) is 0 Å². The summed E-state index contributed by atoms with van der Waals surface area (Å²) in [6, 6.07) is 18.4. The molecule has 1 atom stereocenters. The number of nitrogens with one attached hydrogen (secondary N) is 1. The summed E-state index contributed by atoms with van der Waals surface area (Å²) < 4.78 is 12.9. The van der Waals surface area contributed by atoms with E-state index >= 15 is 0 Å². The lowest BCUT2D eigenvalue weighted by atomic mass is 10.2. The van der Waals surface area contributed by atoms with E-state index in [0.717, 1.165) is 24.1 Å². The Balaban J connectivity index is 1.42. The van der Waals surface area contributed by atoms with Gasteiger partial charge in [0.25, 0.3) is 5.91 Å². The number of methoxy groups -OCH3 is 1. The number of carbonyl (C=O) groups excluding carboxylic acids is 2. The topological polar surface area (TPSA) is 85.7 Å². The van der Waals surface area contributed by atoms with Crippen molar-refractivity contribution >= 4 is 40.7 Å². The van der Waals surface area contributed by atoms with Gasteiger partial charge in [-0.15, -0.1) is 11.3 Å². The Kier molecular flexibility index (Phi) is 8.07. The number of imidazole rings is 1. The number of ether oxygens (including phenoxy) is 2. The molecule has 1 aliphatic rings. The molecule has 0 aliphatic carbocycles. The highest BCUT2D eigenvalue weighted by Crippen LogP contribution is 2.27. The van der Waals surface area contributed by atoms with E-state index in [1.807, 2.05) is 54.0 Å². The van der Waals surface area contributed by atoms with Gasteiger partial charge in [0.1, 0.15) is 12.3 Å². The Labute approximate surface area is 229 Å². The molecular weight excluding hydrogens is 524 g/mol. The quantitative estimate of drug-likeness (QED) is 0.296. The number of hydrogen-bond acceptors (Lipinski definition) is 6. The number of thiophene rings is 1. The van der Waals surface area contributed by atoms with Gasteiger partial charge >= 0.3 is 0 Å². The molecule has 8 nitrogen and oxygen atoms in total. The maximum absolute atomic E-state index is 13.3. The number of nitrogens with zero attached hydrogens (tertiary/aromatic N) is 3. The summed E-state index contributed by atoms with van der Waals surface area (Å²) in [4.78, 5) is 33.4. The van der Waals surface area contributed by atoms with Gasteiger partial charge in [-0.25, -0.2) is 4.98 Å². The number of aromatic nitrogens is 2. The lowest BCUT2D eigenvalue weighted by molar-refractivity contribution is -0.117. The lowest BCUT2D eigenvalue weighted by Crippen LogP contribution is -2.42. The van der Waals surface area contributed by atoms with Gasteiger partial charge in [-0.05, 0) is 48.6 Å². The Morgan fingerprint density at radius 1 is 1.21 bits per heavy atom. The monoisotopic (exact) mass is 550 g/mol. The number of carbonyl (C=O) groups is 2. The number of amides is 2. The van der Waals surface area contributed by atoms with Crippen LogP contribution in [-0.2, 0) is 9.53 Å². The second kappa shape index (κ2) is 11.8. The molecule has 38 heavy (non-hydrogen) atoms. The van der Waals surface area contributed by atoms with E-state index in [1.54, 1.807) is 34.8 Å². The van der Waals surface area contributed by atoms with Crippen LogP contribution in [0.5, 0.6) is 5.75 Å². The Bertz CT molecular complexity index is 1400. The van der Waals surface area contributed by atoms with Crippen molar-refractivity contribution in [1.29, 1.82) is 0 Å². The van der Waals surface area contributed by atoms with Crippen molar-refractivity contribution in [2.24, 2.45) is 0 Å². The van der Waals surface area contributed by atoms with Gasteiger partial charge in [-0.3, -0.25) is 19.5 Å². The molecule has 3 heterocycles. The van der Waals surface area contributed by atoms with Crippen molar-refractivity contribution in [3.8, 4) is 22.7 Å². The van der Waals surface area contributed by atoms with E-state index in [2.05, 4.69) is 5.32 Å². The Morgan fingerprint density at radius 2 is 2.05 bits per heavy atom. The Hall–Kier alpha value is -3.66. The minimum atomic E-state index is -0.356. The average molecular weight is 551 g/mol. The first kappa shape index (κ1) is 26.0. The van der Waals surface area contributed by atoms with Gasteiger partial charge in [0.2, 0.25) is 11.9 Å². The van der Waals surface area contributed by atoms with Crippen molar-refractivity contribution in [2.45, 2.75) is 18.9 Å². The fraction of sp³-hybridized carbons (Fsp3) is 0.250. The molecule has 196 valence electrons. The smallest absolute Gasteiger partial charge is 0.264 e. The van der Waals surface area contributed by atoms with Crippen molar-refractivity contribution < 1.29 is 19.1 Å². The summed E-state index contributed by atoms with van der Waals surface area (Å²) in [5.74, 6) is 0.452. The zero-order valence-corrected chi connectivity index (χ0v) is 22.4. The Morgan fingerprint density at radius 3 is 2.76 bits per heavy atom. The van der Waals surface area contributed by atoms with Crippen LogP contribution >= 0.6 is 22.9 Å². The van der Waals surface area contributed by atoms with Crippen LogP contribution in [0.1, 0.15) is 22.5 Å². The molecule has 1 fully saturated rings. The van der Waals surface area contributed by atoms with E-state index < -0.39 is 0 Å². The summed E-state index contributed by atoms with van der Waals surface area (Å²) in [5, 5.41) is 5.39.